The molecule has 0 bridgehead atoms. The summed E-state index contributed by atoms with van der Waals surface area (Å²) in [6, 6.07) is 157. The van der Waals surface area contributed by atoms with Crippen LogP contribution >= 0.6 is 68.0 Å². The van der Waals surface area contributed by atoms with Gasteiger partial charge in [-0.2, -0.15) is 0 Å². The number of nitrogens with zero attached hydrogens (tertiary/aromatic N) is 9. The van der Waals surface area contributed by atoms with Crippen LogP contribution in [0.15, 0.2) is 443 Å². The van der Waals surface area contributed by atoms with Crippen LogP contribution in [0.1, 0.15) is 22.3 Å². The van der Waals surface area contributed by atoms with E-state index in [0.29, 0.717) is 52.4 Å². The number of hydrogen-bond acceptors (Lipinski definition) is 15. The van der Waals surface area contributed by atoms with Gasteiger partial charge in [0.15, 0.2) is 52.4 Å². The van der Waals surface area contributed by atoms with E-state index in [9.17, 15) is 0 Å². The first kappa shape index (κ1) is 81.5. The Morgan fingerprint density at radius 2 is 0.482 bits per heavy atom. The lowest BCUT2D eigenvalue weighted by atomic mass is 9.67. The highest BCUT2D eigenvalue weighted by molar-refractivity contribution is 7.27. The van der Waals surface area contributed by atoms with Crippen molar-refractivity contribution < 1.29 is 0 Å². The Balaban J connectivity index is 0.000000108. The van der Waals surface area contributed by atoms with Crippen LogP contribution in [0.2, 0.25) is 0 Å². The molecule has 0 radical (unpaired) electrons. The molecule has 0 atom stereocenters. The molecule has 0 N–H and O–H groups in total. The summed E-state index contributed by atoms with van der Waals surface area (Å²) in [6.07, 6.45) is 0. The van der Waals surface area contributed by atoms with Gasteiger partial charge >= 0.3 is 0 Å². The molecule has 0 saturated heterocycles. The van der Waals surface area contributed by atoms with Crippen molar-refractivity contribution in [2.75, 3.05) is 0 Å². The highest BCUT2D eigenvalue weighted by Gasteiger charge is 2.47. The summed E-state index contributed by atoms with van der Waals surface area (Å²) in [5, 5.41) is 13.6. The largest absolute Gasteiger partial charge is 0.208 e. The Labute approximate surface area is 811 Å². The second kappa shape index (κ2) is 34.4. The van der Waals surface area contributed by atoms with Crippen LogP contribution in [-0.2, 0) is 5.41 Å². The molecular weight excluding hydrogens is 1780 g/mol. The Morgan fingerprint density at radius 3 is 1.00 bits per heavy atom. The molecule has 1 aliphatic rings. The van der Waals surface area contributed by atoms with Crippen molar-refractivity contribution in [3.05, 3.63) is 465 Å². The molecule has 27 aromatic rings. The van der Waals surface area contributed by atoms with Gasteiger partial charge in [0, 0.05) is 108 Å². The number of thiophene rings is 6. The fraction of sp³-hybridized carbons (Fsp3) is 0.00820. The van der Waals surface area contributed by atoms with Crippen LogP contribution in [0.25, 0.3) is 235 Å². The van der Waals surface area contributed by atoms with Gasteiger partial charge < -0.3 is 0 Å². The first-order chi connectivity index (χ1) is 67.8. The lowest BCUT2D eigenvalue weighted by Crippen LogP contribution is -2.28. The summed E-state index contributed by atoms with van der Waals surface area (Å²) in [5.74, 6) is 6.16. The Hall–Kier alpha value is -16.2. The quantitative estimate of drug-likeness (QED) is 0.111. The SMILES string of the molecule is c1ccc(-c2ccc(-c3nc(-c4cc5ccccc5s4)nc(-c4cccc5c4sc4ccccc45)n3)cc2)cc1.c1ccc(C2(c3ccccc3)c3ccccc3-c3c(-c4nc(-c5ccc6c(c5)sc5ccccc56)nc(-c5cc6ccccc6s5)n4)cccc32)cc1.c1ccc2sc(-c3nc(-c4ccc(-c5cccc6ccccc56)cc4)nc(-c4cccc5c4sc4ccccc45)n3)cc2c1. The third-order valence-corrected chi connectivity index (χ3v) is 32.9. The van der Waals surface area contributed by atoms with Gasteiger partial charge in [0.2, 0.25) is 0 Å². The van der Waals surface area contributed by atoms with E-state index in [1.807, 2.05) is 17.4 Å². The molecule has 9 aromatic heterocycles. The standard InChI is InChI=1S/C48H29N3S2.C39H23N3S2.C35H21N3S2/c1-3-15-32(16-4-1)48(33-17-5-2-6-18-33)38-22-10-8-20-36(38)44-37(21-13-23-39(44)48)46-49-45(50-47(51-46)43-28-30-14-7-11-24-40(30)52-43)31-26-27-35-34-19-9-12-25-41(34)53-42(35)29-31;1-3-12-28-24(9-1)11-7-14-29(28)25-19-21-26(22-20-25)37-40-38(42-39(41-37)35-23-27-10-2-5-17-33(27)43-35)32-16-8-15-31-30-13-4-6-18-34(30)44-36(31)32;1-2-9-22(10-3-1)23-17-19-24(20-18-23)33-36-34(38-35(37-33)31-21-25-11-4-6-15-29(25)39-31)28-14-8-13-27-26-12-5-7-16-30(26)40-32(27)28/h1-29H;1-23H;1-21H. The van der Waals surface area contributed by atoms with Crippen LogP contribution in [0.4, 0.5) is 0 Å². The molecule has 1 aliphatic carbocycles. The summed E-state index contributed by atoms with van der Waals surface area (Å²) in [5.41, 5.74) is 17.5. The molecule has 642 valence electrons. The minimum atomic E-state index is -0.513. The van der Waals surface area contributed by atoms with Gasteiger partial charge in [-0.1, -0.05) is 370 Å². The molecule has 0 saturated carbocycles. The summed E-state index contributed by atoms with van der Waals surface area (Å²) in [4.78, 5) is 49.4. The van der Waals surface area contributed by atoms with Gasteiger partial charge in [0.1, 0.15) is 0 Å². The molecule has 15 heteroatoms. The number of fused-ring (bicyclic) bond motifs is 16. The Bertz CT molecular complexity index is 9240. The summed E-state index contributed by atoms with van der Waals surface area (Å²) in [7, 11) is 0. The lowest BCUT2D eigenvalue weighted by molar-refractivity contribution is 0.768. The first-order valence-corrected chi connectivity index (χ1v) is 50.3. The van der Waals surface area contributed by atoms with Crippen molar-refractivity contribution in [1.82, 2.24) is 44.9 Å². The predicted molar refractivity (Wildman–Crippen MR) is 579 cm³/mol. The summed E-state index contributed by atoms with van der Waals surface area (Å²) >= 11 is 10.5. The predicted octanol–water partition coefficient (Wildman–Crippen LogP) is 34.2. The van der Waals surface area contributed by atoms with Crippen LogP contribution in [-0.4, -0.2) is 44.9 Å². The molecule has 9 nitrogen and oxygen atoms in total. The van der Waals surface area contributed by atoms with E-state index < -0.39 is 5.41 Å². The molecule has 0 fully saturated rings. The van der Waals surface area contributed by atoms with Crippen molar-refractivity contribution in [2.24, 2.45) is 0 Å². The third kappa shape index (κ3) is 14.7. The maximum Gasteiger partial charge on any atom is 0.174 e. The Morgan fingerprint density at radius 1 is 0.161 bits per heavy atom. The molecule has 18 aromatic carbocycles. The van der Waals surface area contributed by atoms with E-state index in [0.717, 1.165) is 53.6 Å². The van der Waals surface area contributed by atoms with Crippen LogP contribution in [0, 0.1) is 0 Å². The van der Waals surface area contributed by atoms with Crippen molar-refractivity contribution in [2.45, 2.75) is 5.41 Å². The lowest BCUT2D eigenvalue weighted by Gasteiger charge is -2.33. The molecule has 0 unspecified atom stereocenters. The minimum absolute atomic E-state index is 0.513. The van der Waals surface area contributed by atoms with Gasteiger partial charge in [0.05, 0.1) is 20.0 Å². The van der Waals surface area contributed by atoms with E-state index in [-0.39, 0.29) is 0 Å². The number of benzene rings is 18. The average molecular weight is 1860 g/mol. The van der Waals surface area contributed by atoms with Gasteiger partial charge in [-0.05, 0) is 155 Å². The smallest absolute Gasteiger partial charge is 0.174 e. The zero-order chi connectivity index (χ0) is 90.4. The Kier molecular flexibility index (Phi) is 20.5. The maximum absolute atomic E-state index is 5.34. The number of aromatic nitrogens is 9. The number of hydrogen-bond donors (Lipinski definition) is 0. The van der Waals surface area contributed by atoms with Gasteiger partial charge in [-0.25, -0.2) is 44.9 Å². The fourth-order valence-corrected chi connectivity index (χ4v) is 26.2. The molecule has 9 heterocycles. The highest BCUT2D eigenvalue weighted by atomic mass is 32.1. The molecule has 28 rings (SSSR count). The van der Waals surface area contributed by atoms with E-state index in [1.165, 1.54) is 152 Å². The molecule has 0 spiro atoms. The second-order valence-electron chi connectivity index (χ2n) is 34.0. The van der Waals surface area contributed by atoms with Gasteiger partial charge in [0.25, 0.3) is 0 Å². The van der Waals surface area contributed by atoms with E-state index in [2.05, 4.69) is 437 Å². The highest BCUT2D eigenvalue weighted by Crippen LogP contribution is 2.59. The minimum Gasteiger partial charge on any atom is -0.208 e. The first-order valence-electron chi connectivity index (χ1n) is 45.4. The monoisotopic (exact) mass is 1860 g/mol. The third-order valence-electron chi connectivity index (χ3n) is 26.0. The molecule has 0 aliphatic heterocycles. The van der Waals surface area contributed by atoms with Gasteiger partial charge in [-0.3, -0.25) is 0 Å². The van der Waals surface area contributed by atoms with Crippen molar-refractivity contribution >= 4 is 170 Å². The average Bonchev–Trinajstić information content (AvgIpc) is 1.53. The number of rotatable bonds is 13. The summed E-state index contributed by atoms with van der Waals surface area (Å²) in [6.45, 7) is 0. The van der Waals surface area contributed by atoms with E-state index >= 15 is 0 Å². The topological polar surface area (TPSA) is 116 Å². The fourth-order valence-electron chi connectivity index (χ4n) is 19.6. The normalized spacial score (nSPS) is 12.1. The van der Waals surface area contributed by atoms with Crippen LogP contribution in [0.3, 0.4) is 0 Å². The second-order valence-corrected chi connectivity index (χ2v) is 40.5. The van der Waals surface area contributed by atoms with Gasteiger partial charge in [-0.15, -0.1) is 68.0 Å². The van der Waals surface area contributed by atoms with Crippen molar-refractivity contribution in [3.8, 4) is 134 Å². The van der Waals surface area contributed by atoms with Crippen molar-refractivity contribution in [3.63, 3.8) is 0 Å². The zero-order valence-electron chi connectivity index (χ0n) is 73.1. The van der Waals surface area contributed by atoms with Crippen LogP contribution in [0.5, 0.6) is 0 Å². The zero-order valence-corrected chi connectivity index (χ0v) is 78.0. The van der Waals surface area contributed by atoms with Crippen molar-refractivity contribution in [1.29, 1.82) is 0 Å². The maximum atomic E-state index is 5.34. The molecule has 137 heavy (non-hydrogen) atoms. The van der Waals surface area contributed by atoms with Crippen LogP contribution < -0.4 is 0 Å². The van der Waals surface area contributed by atoms with E-state index in [1.54, 1.807) is 56.7 Å². The summed E-state index contributed by atoms with van der Waals surface area (Å²) < 4.78 is 11.1. The molecule has 0 amide bonds. The molecular formula is C122H73N9S6. The van der Waals surface area contributed by atoms with E-state index in [4.69, 9.17) is 44.9 Å².